The topological polar surface area (TPSA) is 29.1 Å². The van der Waals surface area contributed by atoms with E-state index in [1.807, 2.05) is 0 Å². The van der Waals surface area contributed by atoms with Gasteiger partial charge in [0.25, 0.3) is 5.92 Å². The van der Waals surface area contributed by atoms with Gasteiger partial charge in [0.2, 0.25) is 5.91 Å². The first-order chi connectivity index (χ1) is 5.25. The van der Waals surface area contributed by atoms with E-state index >= 15 is 0 Å². The Morgan fingerprint density at radius 3 is 1.92 bits per heavy atom. The number of hydrogen-bond donors (Lipinski definition) is 1. The van der Waals surface area contributed by atoms with Crippen LogP contribution in [-0.2, 0) is 4.79 Å². The minimum Gasteiger partial charge on any atom is -0.347 e. The second kappa shape index (κ2) is 3.83. The zero-order valence-corrected chi connectivity index (χ0v) is 7.82. The SMILES string of the molecule is CC(=O)N[C@H](C(C)C)C(C)(F)F. The number of rotatable bonds is 3. The van der Waals surface area contributed by atoms with E-state index in [9.17, 15) is 13.6 Å². The molecule has 0 radical (unpaired) electrons. The first-order valence-corrected chi connectivity index (χ1v) is 3.90. The first kappa shape index (κ1) is 11.3. The Bertz CT molecular complexity index is 163. The Labute approximate surface area is 71.3 Å². The number of halogens is 2. The molecule has 2 nitrogen and oxygen atoms in total. The van der Waals surface area contributed by atoms with Crippen LogP contribution in [0.15, 0.2) is 0 Å². The molecule has 72 valence electrons. The molecule has 1 amide bonds. The van der Waals surface area contributed by atoms with Crippen LogP contribution in [0.25, 0.3) is 0 Å². The van der Waals surface area contributed by atoms with E-state index in [0.29, 0.717) is 0 Å². The normalized spacial score (nSPS) is 14.6. The molecule has 0 heterocycles. The standard InChI is InChI=1S/C8H15F2NO/c1-5(2)7(8(4,9)10)11-6(3)12/h5,7H,1-4H3,(H,11,12)/t7-/m1/s1. The predicted molar refractivity (Wildman–Crippen MR) is 43.1 cm³/mol. The number of nitrogens with one attached hydrogen (secondary N) is 1. The fraction of sp³-hybridized carbons (Fsp3) is 0.875. The molecule has 1 N–H and O–H groups in total. The Kier molecular flexibility index (Phi) is 3.61. The van der Waals surface area contributed by atoms with Gasteiger partial charge in [0, 0.05) is 13.8 Å². The lowest BCUT2D eigenvalue weighted by Gasteiger charge is -2.27. The quantitative estimate of drug-likeness (QED) is 0.703. The molecule has 0 fully saturated rings. The summed E-state index contributed by atoms with van der Waals surface area (Å²) in [6, 6.07) is -1.07. The predicted octanol–water partition coefficient (Wildman–Crippen LogP) is 1.80. The molecule has 0 aromatic rings. The van der Waals surface area contributed by atoms with Crippen molar-refractivity contribution in [2.75, 3.05) is 0 Å². The van der Waals surface area contributed by atoms with Crippen molar-refractivity contribution < 1.29 is 13.6 Å². The first-order valence-electron chi connectivity index (χ1n) is 3.90. The molecule has 0 spiro atoms. The van der Waals surface area contributed by atoms with Gasteiger partial charge < -0.3 is 5.32 Å². The van der Waals surface area contributed by atoms with Gasteiger partial charge in [0.15, 0.2) is 0 Å². The van der Waals surface area contributed by atoms with Crippen molar-refractivity contribution in [2.24, 2.45) is 5.92 Å². The van der Waals surface area contributed by atoms with Crippen LogP contribution in [0, 0.1) is 5.92 Å². The van der Waals surface area contributed by atoms with E-state index in [2.05, 4.69) is 5.32 Å². The highest BCUT2D eigenvalue weighted by atomic mass is 19.3. The van der Waals surface area contributed by atoms with Crippen LogP contribution in [0.1, 0.15) is 27.7 Å². The molecule has 0 aromatic carbocycles. The third-order valence-electron chi connectivity index (χ3n) is 1.57. The number of carbonyl (C=O) groups excluding carboxylic acids is 1. The van der Waals surface area contributed by atoms with Crippen LogP contribution in [0.5, 0.6) is 0 Å². The van der Waals surface area contributed by atoms with Crippen molar-refractivity contribution in [1.29, 1.82) is 0 Å². The molecule has 0 bridgehead atoms. The van der Waals surface area contributed by atoms with E-state index in [0.717, 1.165) is 6.92 Å². The monoisotopic (exact) mass is 179 g/mol. The number of alkyl halides is 2. The van der Waals surface area contributed by atoms with Gasteiger partial charge >= 0.3 is 0 Å². The second-order valence-electron chi connectivity index (χ2n) is 3.38. The van der Waals surface area contributed by atoms with Crippen LogP contribution in [0.4, 0.5) is 8.78 Å². The van der Waals surface area contributed by atoms with Crippen LogP contribution in [0.3, 0.4) is 0 Å². The summed E-state index contributed by atoms with van der Waals surface area (Å²) in [4.78, 5) is 10.6. The summed E-state index contributed by atoms with van der Waals surface area (Å²) in [6.45, 7) is 5.35. The average molecular weight is 179 g/mol. The van der Waals surface area contributed by atoms with Crippen molar-refractivity contribution in [2.45, 2.75) is 39.7 Å². The zero-order valence-electron chi connectivity index (χ0n) is 7.82. The molecule has 0 aliphatic rings. The minimum atomic E-state index is -2.86. The third-order valence-corrected chi connectivity index (χ3v) is 1.57. The molecule has 0 saturated carbocycles. The molecule has 0 saturated heterocycles. The molecule has 0 aliphatic heterocycles. The lowest BCUT2D eigenvalue weighted by Crippen LogP contribution is -2.48. The Balaban J connectivity index is 4.35. The Hall–Kier alpha value is -0.670. The summed E-state index contributed by atoms with van der Waals surface area (Å²) in [5, 5.41) is 2.23. The van der Waals surface area contributed by atoms with Gasteiger partial charge in [-0.3, -0.25) is 4.79 Å². The summed E-state index contributed by atoms with van der Waals surface area (Å²) < 4.78 is 25.6. The zero-order chi connectivity index (χ0) is 9.94. The Morgan fingerprint density at radius 2 is 1.83 bits per heavy atom. The molecule has 12 heavy (non-hydrogen) atoms. The van der Waals surface area contributed by atoms with E-state index in [4.69, 9.17) is 0 Å². The van der Waals surface area contributed by atoms with E-state index < -0.39 is 17.9 Å². The molecular weight excluding hydrogens is 164 g/mol. The van der Waals surface area contributed by atoms with Gasteiger partial charge in [0.05, 0.1) is 6.04 Å². The van der Waals surface area contributed by atoms with Gasteiger partial charge in [-0.05, 0) is 5.92 Å². The Morgan fingerprint density at radius 1 is 1.42 bits per heavy atom. The molecular formula is C8H15F2NO. The summed E-state index contributed by atoms with van der Waals surface area (Å²) in [5.41, 5.74) is 0. The molecule has 0 unspecified atom stereocenters. The van der Waals surface area contributed by atoms with Gasteiger partial charge in [-0.25, -0.2) is 8.78 Å². The molecule has 0 aromatic heterocycles. The van der Waals surface area contributed by atoms with E-state index in [-0.39, 0.29) is 5.92 Å². The highest BCUT2D eigenvalue weighted by molar-refractivity contribution is 5.73. The smallest absolute Gasteiger partial charge is 0.265 e. The van der Waals surface area contributed by atoms with Crippen LogP contribution >= 0.6 is 0 Å². The minimum absolute atomic E-state index is 0.270. The maximum Gasteiger partial charge on any atom is 0.265 e. The lowest BCUT2D eigenvalue weighted by molar-refractivity contribution is -0.124. The van der Waals surface area contributed by atoms with Crippen LogP contribution in [-0.4, -0.2) is 17.9 Å². The van der Waals surface area contributed by atoms with Crippen molar-refractivity contribution in [1.82, 2.24) is 5.32 Å². The van der Waals surface area contributed by atoms with Gasteiger partial charge in [0.1, 0.15) is 0 Å². The molecule has 1 atom stereocenters. The largest absolute Gasteiger partial charge is 0.347 e. The molecule has 0 rings (SSSR count). The fourth-order valence-electron chi connectivity index (χ4n) is 1.10. The number of hydrogen-bond acceptors (Lipinski definition) is 1. The van der Waals surface area contributed by atoms with Crippen molar-refractivity contribution >= 4 is 5.91 Å². The van der Waals surface area contributed by atoms with E-state index in [1.165, 1.54) is 6.92 Å². The van der Waals surface area contributed by atoms with Crippen molar-refractivity contribution in [3.8, 4) is 0 Å². The van der Waals surface area contributed by atoms with Crippen molar-refractivity contribution in [3.05, 3.63) is 0 Å². The lowest BCUT2D eigenvalue weighted by atomic mass is 9.99. The molecule has 4 heteroatoms. The average Bonchev–Trinajstić information content (AvgIpc) is 1.79. The number of amides is 1. The van der Waals surface area contributed by atoms with E-state index in [1.54, 1.807) is 13.8 Å². The van der Waals surface area contributed by atoms with Gasteiger partial charge in [-0.1, -0.05) is 13.8 Å². The molecule has 0 aliphatic carbocycles. The fourth-order valence-corrected chi connectivity index (χ4v) is 1.10. The van der Waals surface area contributed by atoms with Gasteiger partial charge in [-0.15, -0.1) is 0 Å². The summed E-state index contributed by atoms with van der Waals surface area (Å²) in [7, 11) is 0. The summed E-state index contributed by atoms with van der Waals surface area (Å²) in [6.07, 6.45) is 0. The van der Waals surface area contributed by atoms with Crippen LogP contribution in [0.2, 0.25) is 0 Å². The van der Waals surface area contributed by atoms with Crippen molar-refractivity contribution in [3.63, 3.8) is 0 Å². The highest BCUT2D eigenvalue weighted by Gasteiger charge is 2.36. The maximum absolute atomic E-state index is 12.8. The third kappa shape index (κ3) is 3.64. The summed E-state index contributed by atoms with van der Waals surface area (Å²) in [5.74, 6) is -3.55. The number of carbonyl (C=O) groups is 1. The van der Waals surface area contributed by atoms with Gasteiger partial charge in [-0.2, -0.15) is 0 Å². The second-order valence-corrected chi connectivity index (χ2v) is 3.38. The summed E-state index contributed by atoms with van der Waals surface area (Å²) >= 11 is 0. The highest BCUT2D eigenvalue weighted by Crippen LogP contribution is 2.22. The van der Waals surface area contributed by atoms with Crippen LogP contribution < -0.4 is 5.32 Å². The maximum atomic E-state index is 12.8.